The molecule has 0 unspecified atom stereocenters. The van der Waals surface area contributed by atoms with Crippen LogP contribution in [0.2, 0.25) is 0 Å². The quantitative estimate of drug-likeness (QED) is 0.464. The van der Waals surface area contributed by atoms with Gasteiger partial charge >= 0.3 is 0 Å². The second-order valence-electron chi connectivity index (χ2n) is 3.45. The summed E-state index contributed by atoms with van der Waals surface area (Å²) in [5.41, 5.74) is 2.53. The minimum atomic E-state index is 0.588. The molecule has 0 atom stereocenters. The highest BCUT2D eigenvalue weighted by molar-refractivity contribution is 5.38. The third-order valence-corrected chi connectivity index (χ3v) is 1.98. The molecule has 0 saturated heterocycles. The van der Waals surface area contributed by atoms with E-state index in [4.69, 9.17) is 0 Å². The Labute approximate surface area is 74.4 Å². The number of rotatable bonds is 2. The summed E-state index contributed by atoms with van der Waals surface area (Å²) >= 11 is 0. The molecule has 0 aliphatic heterocycles. The van der Waals surface area contributed by atoms with Gasteiger partial charge in [-0.2, -0.15) is 0 Å². The van der Waals surface area contributed by atoms with Crippen LogP contribution in [0.3, 0.4) is 0 Å². The van der Waals surface area contributed by atoms with Gasteiger partial charge in [-0.05, 0) is 11.5 Å². The second-order valence-corrected chi connectivity index (χ2v) is 3.45. The van der Waals surface area contributed by atoms with E-state index in [1.807, 2.05) is 11.6 Å². The molecular formula is C11H16N+. The first-order valence-electron chi connectivity index (χ1n) is 4.25. The molecule has 1 nitrogen and oxygen atoms in total. The lowest BCUT2D eigenvalue weighted by Crippen LogP contribution is -1.94. The van der Waals surface area contributed by atoms with Gasteiger partial charge in [0.25, 0.3) is 0 Å². The third kappa shape index (κ3) is 1.94. The molecule has 1 aromatic carbocycles. The van der Waals surface area contributed by atoms with Gasteiger partial charge < -0.3 is 0 Å². The van der Waals surface area contributed by atoms with E-state index >= 15 is 0 Å². The van der Waals surface area contributed by atoms with Crippen LogP contribution >= 0.6 is 0 Å². The molecule has 1 aromatic rings. The Morgan fingerprint density at radius 3 is 2.50 bits per heavy atom. The molecule has 1 rings (SSSR count). The molecule has 0 heterocycles. The summed E-state index contributed by atoms with van der Waals surface area (Å²) in [6, 6.07) is 8.47. The lowest BCUT2D eigenvalue weighted by molar-refractivity contribution is -0.394. The molecule has 0 N–H and O–H groups in total. The fourth-order valence-corrected chi connectivity index (χ4v) is 1.12. The third-order valence-electron chi connectivity index (χ3n) is 1.98. The van der Waals surface area contributed by atoms with Gasteiger partial charge in [-0.15, -0.1) is 0 Å². The second kappa shape index (κ2) is 3.53. The van der Waals surface area contributed by atoms with Crippen LogP contribution in [-0.2, 0) is 0 Å². The molecule has 0 aliphatic carbocycles. The topological polar surface area (TPSA) is 3.01 Å². The first-order chi connectivity index (χ1) is 5.61. The summed E-state index contributed by atoms with van der Waals surface area (Å²) in [7, 11) is 1.96. The van der Waals surface area contributed by atoms with E-state index in [-0.39, 0.29) is 0 Å². The smallest absolute Gasteiger partial charge is 0.204 e. The van der Waals surface area contributed by atoms with Crippen molar-refractivity contribution in [3.63, 3.8) is 0 Å². The van der Waals surface area contributed by atoms with Crippen LogP contribution in [-0.4, -0.2) is 18.3 Å². The standard InChI is InChI=1S/C11H16N/c1-9(2)10-6-5-7-11(8-10)12(3)4/h5-9H,3H2,1-2,4H3/q+1. The van der Waals surface area contributed by atoms with E-state index in [9.17, 15) is 0 Å². The Morgan fingerprint density at radius 2 is 2.00 bits per heavy atom. The molecule has 12 heavy (non-hydrogen) atoms. The average molecular weight is 162 g/mol. The lowest BCUT2D eigenvalue weighted by Gasteiger charge is -2.04. The van der Waals surface area contributed by atoms with Gasteiger partial charge in [0.15, 0.2) is 0 Å². The van der Waals surface area contributed by atoms with Crippen molar-refractivity contribution in [1.29, 1.82) is 0 Å². The van der Waals surface area contributed by atoms with Gasteiger partial charge in [0.05, 0.1) is 0 Å². The summed E-state index contributed by atoms with van der Waals surface area (Å²) in [6.07, 6.45) is 0. The Balaban J connectivity index is 3.04. The van der Waals surface area contributed by atoms with Crippen molar-refractivity contribution in [2.45, 2.75) is 19.8 Å². The Kier molecular flexibility index (Phi) is 2.64. The van der Waals surface area contributed by atoms with Crippen molar-refractivity contribution < 1.29 is 4.58 Å². The van der Waals surface area contributed by atoms with Crippen LogP contribution in [0.25, 0.3) is 0 Å². The highest BCUT2D eigenvalue weighted by atomic mass is 14.9. The molecule has 1 heteroatoms. The van der Waals surface area contributed by atoms with E-state index in [0.29, 0.717) is 5.92 Å². The SMILES string of the molecule is C=[N+](C)c1cccc(C(C)C)c1. The van der Waals surface area contributed by atoms with Crippen molar-refractivity contribution >= 4 is 12.4 Å². The first kappa shape index (κ1) is 8.98. The van der Waals surface area contributed by atoms with Crippen LogP contribution in [0.4, 0.5) is 5.69 Å². The van der Waals surface area contributed by atoms with Crippen molar-refractivity contribution in [3.05, 3.63) is 29.8 Å². The predicted octanol–water partition coefficient (Wildman–Crippen LogP) is 2.78. The molecule has 0 amide bonds. The molecule has 0 aliphatic rings. The van der Waals surface area contributed by atoms with Crippen molar-refractivity contribution in [3.8, 4) is 0 Å². The van der Waals surface area contributed by atoms with Gasteiger partial charge in [0.1, 0.15) is 13.8 Å². The van der Waals surface area contributed by atoms with Crippen LogP contribution in [0.5, 0.6) is 0 Å². The summed E-state index contributed by atoms with van der Waals surface area (Å²) in [5, 5.41) is 0. The Hall–Kier alpha value is -1.11. The van der Waals surface area contributed by atoms with Gasteiger partial charge in [-0.3, -0.25) is 0 Å². The zero-order chi connectivity index (χ0) is 9.14. The van der Waals surface area contributed by atoms with Gasteiger partial charge in [0.2, 0.25) is 5.69 Å². The molecule has 0 saturated carbocycles. The average Bonchev–Trinajstić information content (AvgIpc) is 2.04. The van der Waals surface area contributed by atoms with E-state index in [0.717, 1.165) is 0 Å². The summed E-state index contributed by atoms with van der Waals surface area (Å²) < 4.78 is 1.88. The van der Waals surface area contributed by atoms with E-state index < -0.39 is 0 Å². The number of benzene rings is 1. The van der Waals surface area contributed by atoms with E-state index in [1.165, 1.54) is 11.3 Å². The number of nitrogens with zero attached hydrogens (tertiary/aromatic N) is 1. The number of hydrogen-bond donors (Lipinski definition) is 0. The first-order valence-corrected chi connectivity index (χ1v) is 4.25. The maximum Gasteiger partial charge on any atom is 0.204 e. The van der Waals surface area contributed by atoms with Gasteiger partial charge in [-0.25, -0.2) is 4.58 Å². The minimum Gasteiger partial charge on any atom is -0.208 e. The molecular weight excluding hydrogens is 146 g/mol. The highest BCUT2D eigenvalue weighted by Crippen LogP contribution is 2.19. The largest absolute Gasteiger partial charge is 0.208 e. The zero-order valence-electron chi connectivity index (χ0n) is 8.04. The summed E-state index contributed by atoms with van der Waals surface area (Å²) in [5.74, 6) is 0.588. The summed E-state index contributed by atoms with van der Waals surface area (Å²) in [4.78, 5) is 0. The molecule has 0 fully saturated rings. The normalized spacial score (nSPS) is 10.3. The Morgan fingerprint density at radius 1 is 1.33 bits per heavy atom. The van der Waals surface area contributed by atoms with Crippen molar-refractivity contribution in [2.24, 2.45) is 0 Å². The molecule has 0 aromatic heterocycles. The van der Waals surface area contributed by atoms with Crippen LogP contribution in [0.1, 0.15) is 25.3 Å². The molecule has 64 valence electrons. The summed E-state index contributed by atoms with van der Waals surface area (Å²) in [6.45, 7) is 8.24. The zero-order valence-corrected chi connectivity index (χ0v) is 8.04. The molecule has 0 bridgehead atoms. The molecule has 0 radical (unpaired) electrons. The van der Waals surface area contributed by atoms with Crippen LogP contribution in [0, 0.1) is 0 Å². The van der Waals surface area contributed by atoms with Gasteiger partial charge in [0, 0.05) is 12.1 Å². The fraction of sp³-hybridized carbons (Fsp3) is 0.364. The predicted molar refractivity (Wildman–Crippen MR) is 53.5 cm³/mol. The Bertz CT molecular complexity index is 287. The van der Waals surface area contributed by atoms with Crippen molar-refractivity contribution in [1.82, 2.24) is 0 Å². The monoisotopic (exact) mass is 162 g/mol. The molecule has 0 spiro atoms. The maximum absolute atomic E-state index is 3.84. The van der Waals surface area contributed by atoms with Crippen molar-refractivity contribution in [2.75, 3.05) is 7.05 Å². The van der Waals surface area contributed by atoms with E-state index in [2.05, 4.69) is 44.8 Å². The van der Waals surface area contributed by atoms with Gasteiger partial charge in [-0.1, -0.05) is 26.0 Å². The van der Waals surface area contributed by atoms with E-state index in [1.54, 1.807) is 0 Å². The fourth-order valence-electron chi connectivity index (χ4n) is 1.12. The number of hydrogen-bond acceptors (Lipinski definition) is 0. The highest BCUT2D eigenvalue weighted by Gasteiger charge is 2.03. The maximum atomic E-state index is 3.84. The lowest BCUT2D eigenvalue weighted by atomic mass is 10.0. The van der Waals surface area contributed by atoms with Crippen LogP contribution in [0.15, 0.2) is 24.3 Å². The van der Waals surface area contributed by atoms with Crippen LogP contribution < -0.4 is 0 Å². The minimum absolute atomic E-state index is 0.588.